The third-order valence-corrected chi connectivity index (χ3v) is 6.95. The Morgan fingerprint density at radius 1 is 1.28 bits per heavy atom. The number of ether oxygens (including phenoxy) is 1. The molecular formula is C20H20ClN3O4S. The fraction of sp³-hybridized carbons (Fsp3) is 0.300. The molecule has 1 aliphatic rings. The minimum absolute atomic E-state index is 0.0320. The van der Waals surface area contributed by atoms with Crippen LogP contribution in [0.4, 0.5) is 5.82 Å². The Bertz CT molecular complexity index is 1190. The molecule has 3 aromatic rings. The average Bonchev–Trinajstić information content (AvgIpc) is 3.22. The Kier molecular flexibility index (Phi) is 5.23. The number of carbonyl (C=O) groups excluding carboxylic acids is 1. The van der Waals surface area contributed by atoms with E-state index in [2.05, 4.69) is 10.4 Å². The number of hydrogen-bond donors (Lipinski definition) is 1. The van der Waals surface area contributed by atoms with Crippen LogP contribution in [0.1, 0.15) is 18.2 Å². The number of carbonyl (C=O) groups is 1. The Morgan fingerprint density at radius 3 is 2.76 bits per heavy atom. The van der Waals surface area contributed by atoms with Crippen LogP contribution < -0.4 is 10.1 Å². The van der Waals surface area contributed by atoms with Gasteiger partial charge in [0.15, 0.2) is 16.4 Å². The molecule has 0 radical (unpaired) electrons. The fourth-order valence-electron chi connectivity index (χ4n) is 3.54. The molecule has 4 rings (SSSR count). The molecular weight excluding hydrogens is 414 g/mol. The van der Waals surface area contributed by atoms with Gasteiger partial charge in [-0.15, -0.1) is 0 Å². The van der Waals surface area contributed by atoms with Crippen molar-refractivity contribution in [1.29, 1.82) is 0 Å². The maximum atomic E-state index is 12.5. The van der Waals surface area contributed by atoms with Crippen LogP contribution in [-0.2, 0) is 14.6 Å². The Hall–Kier alpha value is -2.58. The molecule has 1 N–H and O–H groups in total. The van der Waals surface area contributed by atoms with Gasteiger partial charge in [-0.3, -0.25) is 4.79 Å². The number of fused-ring (bicyclic) bond motifs is 1. The van der Waals surface area contributed by atoms with Crippen LogP contribution in [0.25, 0.3) is 10.8 Å². The van der Waals surface area contributed by atoms with E-state index in [1.165, 1.54) is 0 Å². The van der Waals surface area contributed by atoms with Crippen LogP contribution in [0.2, 0.25) is 5.02 Å². The SMILES string of the molecule is Cc1cc(NC(=O)COc2ccc(Cl)c3ccccc23)n(C2CCS(=O)(=O)C2)n1. The van der Waals surface area contributed by atoms with Gasteiger partial charge in [-0.1, -0.05) is 35.9 Å². The largest absolute Gasteiger partial charge is 0.483 e. The summed E-state index contributed by atoms with van der Waals surface area (Å²) >= 11 is 6.21. The van der Waals surface area contributed by atoms with Crippen molar-refractivity contribution < 1.29 is 17.9 Å². The van der Waals surface area contributed by atoms with Gasteiger partial charge in [0.1, 0.15) is 11.6 Å². The number of sulfone groups is 1. The standard InChI is InChI=1S/C20H20ClN3O4S/c1-13-10-19(24(23-13)14-8-9-29(26,27)12-14)22-20(25)11-28-18-7-6-17(21)15-4-2-3-5-16(15)18/h2-7,10,14H,8-9,11-12H2,1H3,(H,22,25). The van der Waals surface area contributed by atoms with Crippen molar-refractivity contribution in [1.82, 2.24) is 9.78 Å². The van der Waals surface area contributed by atoms with E-state index in [-0.39, 0.29) is 30.1 Å². The van der Waals surface area contributed by atoms with Gasteiger partial charge in [0, 0.05) is 21.9 Å². The number of aryl methyl sites for hydroxylation is 1. The molecule has 1 unspecified atom stereocenters. The molecule has 1 fully saturated rings. The third kappa shape index (κ3) is 4.23. The number of hydrogen-bond acceptors (Lipinski definition) is 5. The van der Waals surface area contributed by atoms with Crippen molar-refractivity contribution in [2.24, 2.45) is 0 Å². The molecule has 0 spiro atoms. The van der Waals surface area contributed by atoms with Crippen molar-refractivity contribution in [3.05, 3.63) is 53.2 Å². The number of anilines is 1. The molecule has 0 saturated carbocycles. The molecule has 7 nitrogen and oxygen atoms in total. The number of nitrogens with one attached hydrogen (secondary N) is 1. The van der Waals surface area contributed by atoms with E-state index in [0.29, 0.717) is 28.7 Å². The summed E-state index contributed by atoms with van der Waals surface area (Å²) in [6.45, 7) is 1.60. The number of halogens is 1. The van der Waals surface area contributed by atoms with Crippen LogP contribution in [0, 0.1) is 6.92 Å². The van der Waals surface area contributed by atoms with E-state index in [1.54, 1.807) is 29.8 Å². The summed E-state index contributed by atoms with van der Waals surface area (Å²) in [5.41, 5.74) is 0.703. The first-order valence-corrected chi connectivity index (χ1v) is 11.4. The molecule has 1 atom stereocenters. The van der Waals surface area contributed by atoms with Gasteiger partial charge in [-0.2, -0.15) is 5.10 Å². The van der Waals surface area contributed by atoms with Crippen LogP contribution in [-0.4, -0.2) is 42.2 Å². The normalized spacial score (nSPS) is 18.1. The predicted molar refractivity (Wildman–Crippen MR) is 112 cm³/mol. The first kappa shape index (κ1) is 19.7. The van der Waals surface area contributed by atoms with Gasteiger partial charge in [0.2, 0.25) is 0 Å². The number of aromatic nitrogens is 2. The lowest BCUT2D eigenvalue weighted by atomic mass is 10.1. The number of rotatable bonds is 5. The van der Waals surface area contributed by atoms with E-state index in [9.17, 15) is 13.2 Å². The van der Waals surface area contributed by atoms with E-state index in [0.717, 1.165) is 10.8 Å². The minimum atomic E-state index is -3.06. The number of amides is 1. The highest BCUT2D eigenvalue weighted by Gasteiger charge is 2.31. The molecule has 0 bridgehead atoms. The minimum Gasteiger partial charge on any atom is -0.483 e. The van der Waals surface area contributed by atoms with Gasteiger partial charge in [0.05, 0.1) is 23.2 Å². The van der Waals surface area contributed by atoms with Crippen molar-refractivity contribution in [3.63, 3.8) is 0 Å². The highest BCUT2D eigenvalue weighted by atomic mass is 35.5. The van der Waals surface area contributed by atoms with E-state index in [1.807, 2.05) is 24.3 Å². The molecule has 29 heavy (non-hydrogen) atoms. The summed E-state index contributed by atoms with van der Waals surface area (Å²) in [6, 6.07) is 12.5. The Balaban J connectivity index is 1.47. The zero-order valence-electron chi connectivity index (χ0n) is 15.8. The van der Waals surface area contributed by atoms with Gasteiger partial charge in [-0.05, 0) is 25.5 Å². The smallest absolute Gasteiger partial charge is 0.263 e. The Labute approximate surface area is 173 Å². The molecule has 1 saturated heterocycles. The summed E-state index contributed by atoms with van der Waals surface area (Å²) in [5, 5.41) is 9.43. The van der Waals surface area contributed by atoms with Crippen LogP contribution in [0.15, 0.2) is 42.5 Å². The molecule has 2 aromatic carbocycles. The summed E-state index contributed by atoms with van der Waals surface area (Å²) < 4.78 is 30.9. The number of benzene rings is 2. The average molecular weight is 434 g/mol. The van der Waals surface area contributed by atoms with Crippen molar-refractivity contribution in [3.8, 4) is 5.75 Å². The zero-order chi connectivity index (χ0) is 20.6. The van der Waals surface area contributed by atoms with E-state index >= 15 is 0 Å². The molecule has 1 aliphatic heterocycles. The highest BCUT2D eigenvalue weighted by molar-refractivity contribution is 7.91. The summed E-state index contributed by atoms with van der Waals surface area (Å²) in [7, 11) is -3.06. The second-order valence-corrected chi connectivity index (χ2v) is 9.74. The van der Waals surface area contributed by atoms with Crippen LogP contribution in [0.3, 0.4) is 0 Å². The first-order chi connectivity index (χ1) is 13.8. The lowest BCUT2D eigenvalue weighted by Crippen LogP contribution is -2.23. The van der Waals surface area contributed by atoms with Crippen molar-refractivity contribution in [2.45, 2.75) is 19.4 Å². The first-order valence-electron chi connectivity index (χ1n) is 9.19. The van der Waals surface area contributed by atoms with Gasteiger partial charge in [0.25, 0.3) is 5.91 Å². The maximum Gasteiger partial charge on any atom is 0.263 e. The fourth-order valence-corrected chi connectivity index (χ4v) is 5.46. The van der Waals surface area contributed by atoms with E-state index in [4.69, 9.17) is 16.3 Å². The lowest BCUT2D eigenvalue weighted by molar-refractivity contribution is -0.118. The second kappa shape index (κ2) is 7.68. The molecule has 1 amide bonds. The third-order valence-electron chi connectivity index (χ3n) is 4.87. The summed E-state index contributed by atoms with van der Waals surface area (Å²) in [4.78, 5) is 12.5. The molecule has 0 aliphatic carbocycles. The molecule has 1 aromatic heterocycles. The lowest BCUT2D eigenvalue weighted by Gasteiger charge is -2.14. The summed E-state index contributed by atoms with van der Waals surface area (Å²) in [5.74, 6) is 0.845. The van der Waals surface area contributed by atoms with Crippen LogP contribution in [0.5, 0.6) is 5.75 Å². The molecule has 152 valence electrons. The highest BCUT2D eigenvalue weighted by Crippen LogP contribution is 2.31. The van der Waals surface area contributed by atoms with Crippen LogP contribution >= 0.6 is 11.6 Å². The quantitative estimate of drug-likeness (QED) is 0.666. The van der Waals surface area contributed by atoms with Gasteiger partial charge >= 0.3 is 0 Å². The maximum absolute atomic E-state index is 12.5. The number of nitrogens with zero attached hydrogens (tertiary/aromatic N) is 2. The summed E-state index contributed by atoms with van der Waals surface area (Å²) in [6.07, 6.45) is 0.486. The van der Waals surface area contributed by atoms with E-state index < -0.39 is 9.84 Å². The molecule has 2 heterocycles. The van der Waals surface area contributed by atoms with Crippen molar-refractivity contribution >= 4 is 43.9 Å². The predicted octanol–water partition coefficient (Wildman–Crippen LogP) is 3.38. The monoisotopic (exact) mass is 433 g/mol. The topological polar surface area (TPSA) is 90.3 Å². The second-order valence-electron chi connectivity index (χ2n) is 7.10. The zero-order valence-corrected chi connectivity index (χ0v) is 17.3. The van der Waals surface area contributed by atoms with Gasteiger partial charge < -0.3 is 10.1 Å². The molecule has 9 heteroatoms. The van der Waals surface area contributed by atoms with Gasteiger partial charge in [-0.25, -0.2) is 13.1 Å². The Morgan fingerprint density at radius 2 is 2.03 bits per heavy atom. The van der Waals surface area contributed by atoms with Crippen molar-refractivity contribution in [2.75, 3.05) is 23.4 Å².